The Labute approximate surface area is 168 Å². The van der Waals surface area contributed by atoms with Gasteiger partial charge in [-0.1, -0.05) is 58.4 Å². The average Bonchev–Trinajstić information content (AvgIpc) is 3.34. The van der Waals surface area contributed by atoms with Crippen LogP contribution in [-0.2, 0) is 17.9 Å². The van der Waals surface area contributed by atoms with E-state index in [9.17, 15) is 0 Å². The molecule has 5 rings (SSSR count). The third-order valence-corrected chi connectivity index (χ3v) is 5.38. The summed E-state index contributed by atoms with van der Waals surface area (Å²) in [6.07, 6.45) is -0.0529. The molecule has 146 valence electrons. The van der Waals surface area contributed by atoms with E-state index < -0.39 is 0 Å². The van der Waals surface area contributed by atoms with Gasteiger partial charge in [0.15, 0.2) is 5.69 Å². The predicted octanol–water partition coefficient (Wildman–Crippen LogP) is 4.19. The Hall–Kier alpha value is -3.32. The number of benzene rings is 2. The van der Waals surface area contributed by atoms with Crippen LogP contribution in [0.5, 0.6) is 0 Å². The van der Waals surface area contributed by atoms with E-state index in [0.29, 0.717) is 30.6 Å². The van der Waals surface area contributed by atoms with E-state index in [1.165, 1.54) is 16.7 Å². The molecule has 0 saturated heterocycles. The van der Waals surface area contributed by atoms with Crippen molar-refractivity contribution in [1.29, 1.82) is 0 Å². The van der Waals surface area contributed by atoms with Crippen molar-refractivity contribution in [3.63, 3.8) is 0 Å². The Morgan fingerprint density at radius 1 is 1.03 bits per heavy atom. The summed E-state index contributed by atoms with van der Waals surface area (Å²) in [4.78, 5) is 4.54. The molecule has 1 atom stereocenters. The second kappa shape index (κ2) is 6.93. The first-order valence-corrected chi connectivity index (χ1v) is 9.61. The summed E-state index contributed by atoms with van der Waals surface area (Å²) >= 11 is 0. The smallest absolute Gasteiger partial charge is 0.280 e. The zero-order valence-corrected chi connectivity index (χ0v) is 16.6. The van der Waals surface area contributed by atoms with Crippen LogP contribution in [0.4, 0.5) is 0 Å². The molecule has 0 radical (unpaired) electrons. The third-order valence-electron chi connectivity index (χ3n) is 5.38. The molecule has 7 nitrogen and oxygen atoms in total. The Kier molecular flexibility index (Phi) is 4.24. The van der Waals surface area contributed by atoms with E-state index in [2.05, 4.69) is 52.5 Å². The average molecular weight is 387 g/mol. The second-order valence-corrected chi connectivity index (χ2v) is 7.46. The van der Waals surface area contributed by atoms with Crippen LogP contribution in [0.1, 0.15) is 34.1 Å². The zero-order chi connectivity index (χ0) is 20.0. The highest BCUT2D eigenvalue weighted by molar-refractivity contribution is 5.62. The summed E-state index contributed by atoms with van der Waals surface area (Å²) in [5, 5.41) is 12.7. The minimum atomic E-state index is -0.0529. The minimum absolute atomic E-state index is 0.0529. The van der Waals surface area contributed by atoms with Crippen LogP contribution in [0, 0.1) is 20.8 Å². The van der Waals surface area contributed by atoms with Crippen molar-refractivity contribution in [2.75, 3.05) is 0 Å². The largest absolute Gasteiger partial charge is 0.365 e. The van der Waals surface area contributed by atoms with Gasteiger partial charge in [-0.2, -0.15) is 4.98 Å². The van der Waals surface area contributed by atoms with Crippen molar-refractivity contribution in [3.05, 3.63) is 70.4 Å². The number of rotatable bonds is 3. The third kappa shape index (κ3) is 3.13. The summed E-state index contributed by atoms with van der Waals surface area (Å²) in [6, 6.07) is 14.4. The summed E-state index contributed by atoms with van der Waals surface area (Å²) in [5.41, 5.74) is 7.10. The molecule has 2 aromatic carbocycles. The van der Waals surface area contributed by atoms with Gasteiger partial charge in [0.25, 0.3) is 5.89 Å². The molecule has 0 bridgehead atoms. The normalized spacial score (nSPS) is 16.0. The van der Waals surface area contributed by atoms with Gasteiger partial charge < -0.3 is 9.26 Å². The molecule has 1 aliphatic heterocycles. The summed E-state index contributed by atoms with van der Waals surface area (Å²) in [7, 11) is 0. The molecule has 3 heterocycles. The molecular formula is C22H21N5O2. The first-order valence-electron chi connectivity index (χ1n) is 9.61. The lowest BCUT2D eigenvalue weighted by Gasteiger charge is -2.25. The van der Waals surface area contributed by atoms with Gasteiger partial charge in [0, 0.05) is 5.56 Å². The van der Waals surface area contributed by atoms with Crippen LogP contribution in [0.3, 0.4) is 0 Å². The number of aromatic nitrogens is 5. The van der Waals surface area contributed by atoms with E-state index in [-0.39, 0.29) is 6.10 Å². The van der Waals surface area contributed by atoms with Crippen molar-refractivity contribution >= 4 is 0 Å². The van der Waals surface area contributed by atoms with Gasteiger partial charge in [0.05, 0.1) is 18.8 Å². The van der Waals surface area contributed by atoms with E-state index in [1.54, 1.807) is 0 Å². The molecule has 29 heavy (non-hydrogen) atoms. The highest BCUT2D eigenvalue weighted by Gasteiger charge is 2.28. The maximum absolute atomic E-state index is 6.15. The summed E-state index contributed by atoms with van der Waals surface area (Å²) < 4.78 is 13.5. The lowest BCUT2D eigenvalue weighted by Crippen LogP contribution is -2.22. The zero-order valence-electron chi connectivity index (χ0n) is 16.6. The fraction of sp³-hybridized carbons (Fsp3) is 0.273. The van der Waals surface area contributed by atoms with Gasteiger partial charge in [-0.3, -0.25) is 0 Å². The SMILES string of the molecule is Cc1ccc([C@@H]2Cn3nnc(-c4nc(-c5ccccc5C)no4)c3CO2)c(C)c1. The van der Waals surface area contributed by atoms with Gasteiger partial charge in [0.1, 0.15) is 6.10 Å². The van der Waals surface area contributed by atoms with E-state index in [0.717, 1.165) is 16.8 Å². The molecule has 2 aromatic heterocycles. The van der Waals surface area contributed by atoms with E-state index in [1.807, 2.05) is 35.9 Å². The number of nitrogens with zero attached hydrogens (tertiary/aromatic N) is 5. The standard InChI is InChI=1S/C22H21N5O2/c1-13-8-9-16(15(3)10-13)19-11-27-18(12-28-19)20(24-26-27)22-23-21(25-29-22)17-7-5-4-6-14(17)2/h4-10,19H,11-12H2,1-3H3/t19-/m0/s1. The van der Waals surface area contributed by atoms with Crippen LogP contribution in [-0.4, -0.2) is 25.1 Å². The molecule has 0 saturated carbocycles. The quantitative estimate of drug-likeness (QED) is 0.524. The van der Waals surface area contributed by atoms with E-state index in [4.69, 9.17) is 9.26 Å². The number of aryl methyl sites for hydroxylation is 3. The molecular weight excluding hydrogens is 366 g/mol. The Bertz CT molecular complexity index is 1190. The molecule has 0 unspecified atom stereocenters. The second-order valence-electron chi connectivity index (χ2n) is 7.46. The van der Waals surface area contributed by atoms with Crippen LogP contribution < -0.4 is 0 Å². The first kappa shape index (κ1) is 17.8. The monoisotopic (exact) mass is 387 g/mol. The molecule has 0 aliphatic carbocycles. The molecule has 0 spiro atoms. The molecule has 0 fully saturated rings. The lowest BCUT2D eigenvalue weighted by molar-refractivity contribution is -0.00153. The number of hydrogen-bond acceptors (Lipinski definition) is 6. The van der Waals surface area contributed by atoms with Gasteiger partial charge in [0.2, 0.25) is 5.82 Å². The lowest BCUT2D eigenvalue weighted by atomic mass is 10.0. The maximum atomic E-state index is 6.15. The van der Waals surface area contributed by atoms with Gasteiger partial charge in [-0.05, 0) is 37.5 Å². The summed E-state index contributed by atoms with van der Waals surface area (Å²) in [5.74, 6) is 0.905. The first-order chi connectivity index (χ1) is 14.1. The Morgan fingerprint density at radius 3 is 2.72 bits per heavy atom. The highest BCUT2D eigenvalue weighted by Crippen LogP contribution is 2.32. The Balaban J connectivity index is 1.43. The van der Waals surface area contributed by atoms with Crippen molar-refractivity contribution in [2.45, 2.75) is 40.0 Å². The fourth-order valence-corrected chi connectivity index (χ4v) is 3.81. The van der Waals surface area contributed by atoms with Crippen LogP contribution in [0.15, 0.2) is 47.0 Å². The molecule has 0 N–H and O–H groups in total. The van der Waals surface area contributed by atoms with Crippen molar-refractivity contribution in [1.82, 2.24) is 25.1 Å². The molecule has 1 aliphatic rings. The van der Waals surface area contributed by atoms with Crippen molar-refractivity contribution < 1.29 is 9.26 Å². The molecule has 7 heteroatoms. The molecule has 4 aromatic rings. The summed E-state index contributed by atoms with van der Waals surface area (Å²) in [6.45, 7) is 7.22. The van der Waals surface area contributed by atoms with Gasteiger partial charge in [-0.15, -0.1) is 5.10 Å². The van der Waals surface area contributed by atoms with Crippen LogP contribution >= 0.6 is 0 Å². The van der Waals surface area contributed by atoms with Crippen molar-refractivity contribution in [3.8, 4) is 23.0 Å². The Morgan fingerprint density at radius 2 is 1.90 bits per heavy atom. The van der Waals surface area contributed by atoms with Crippen LogP contribution in [0.2, 0.25) is 0 Å². The molecule has 0 amide bonds. The number of fused-ring (bicyclic) bond motifs is 1. The van der Waals surface area contributed by atoms with Crippen molar-refractivity contribution in [2.24, 2.45) is 0 Å². The van der Waals surface area contributed by atoms with E-state index >= 15 is 0 Å². The fourth-order valence-electron chi connectivity index (χ4n) is 3.81. The number of hydrogen-bond donors (Lipinski definition) is 0. The predicted molar refractivity (Wildman–Crippen MR) is 107 cm³/mol. The minimum Gasteiger partial charge on any atom is -0.365 e. The van der Waals surface area contributed by atoms with Gasteiger partial charge in [-0.25, -0.2) is 4.68 Å². The van der Waals surface area contributed by atoms with Crippen LogP contribution in [0.25, 0.3) is 23.0 Å². The number of ether oxygens (including phenoxy) is 1. The highest BCUT2D eigenvalue weighted by atomic mass is 16.5. The topological polar surface area (TPSA) is 78.9 Å². The maximum Gasteiger partial charge on any atom is 0.280 e. The van der Waals surface area contributed by atoms with Gasteiger partial charge >= 0.3 is 0 Å².